The molecule has 22 heavy (non-hydrogen) atoms. The van der Waals surface area contributed by atoms with E-state index in [4.69, 9.17) is 9.47 Å². The number of hydrogen-bond donors (Lipinski definition) is 0. The van der Waals surface area contributed by atoms with Crippen LogP contribution >= 0.6 is 33.9 Å². The zero-order valence-electron chi connectivity index (χ0n) is 13.1. The van der Waals surface area contributed by atoms with Gasteiger partial charge < -0.3 is 9.47 Å². The molecule has 0 aliphatic carbocycles. The molecule has 1 aromatic heterocycles. The Labute approximate surface area is 148 Å². The van der Waals surface area contributed by atoms with E-state index in [0.29, 0.717) is 6.61 Å². The van der Waals surface area contributed by atoms with E-state index in [-0.39, 0.29) is 6.54 Å². The first-order valence-electron chi connectivity index (χ1n) is 6.81. The quantitative estimate of drug-likeness (QED) is 0.394. The predicted molar refractivity (Wildman–Crippen MR) is 96.4 cm³/mol. The van der Waals surface area contributed by atoms with Crippen molar-refractivity contribution in [2.75, 3.05) is 18.1 Å². The van der Waals surface area contributed by atoms with Crippen molar-refractivity contribution < 1.29 is 19.1 Å². The molecule has 1 rings (SSSR count). The first-order chi connectivity index (χ1) is 10.2. The van der Waals surface area contributed by atoms with Crippen LogP contribution in [0.15, 0.2) is 23.6 Å². The van der Waals surface area contributed by atoms with E-state index in [1.54, 1.807) is 13.0 Å². The molecule has 0 bridgehead atoms. The van der Waals surface area contributed by atoms with Gasteiger partial charge in [0.15, 0.2) is 0 Å². The van der Waals surface area contributed by atoms with Gasteiger partial charge in [-0.05, 0) is 61.7 Å². The lowest BCUT2D eigenvalue weighted by molar-refractivity contribution is -0.137. The summed E-state index contributed by atoms with van der Waals surface area (Å²) in [7, 11) is 0. The monoisotopic (exact) mass is 437 g/mol. The lowest BCUT2D eigenvalue weighted by atomic mass is 10.2. The van der Waals surface area contributed by atoms with Crippen molar-refractivity contribution in [2.24, 2.45) is 0 Å². The number of ether oxygens (including phenoxy) is 2. The molecule has 0 aliphatic heterocycles. The van der Waals surface area contributed by atoms with E-state index in [0.717, 1.165) is 8.57 Å². The molecule has 0 atom stereocenters. The Hall–Kier alpha value is -1.09. The van der Waals surface area contributed by atoms with Crippen LogP contribution in [0, 0.1) is 2.88 Å². The van der Waals surface area contributed by atoms with Gasteiger partial charge in [0.1, 0.15) is 5.60 Å². The topological polar surface area (TPSA) is 55.8 Å². The third-order valence-corrected chi connectivity index (χ3v) is 4.34. The number of halogens is 1. The van der Waals surface area contributed by atoms with Gasteiger partial charge in [0, 0.05) is 12.6 Å². The molecule has 7 heteroatoms. The SMILES string of the molecule is CCOC(=O)/C=C/CN(C(=O)OC(C)(C)C)c1ccsc1I. The smallest absolute Gasteiger partial charge is 0.415 e. The molecule has 0 spiro atoms. The summed E-state index contributed by atoms with van der Waals surface area (Å²) in [6.45, 7) is 7.75. The Kier molecular flexibility index (Phi) is 7.34. The zero-order chi connectivity index (χ0) is 16.8. The predicted octanol–water partition coefficient (Wildman–Crippen LogP) is 4.21. The van der Waals surface area contributed by atoms with Crippen LogP contribution in [0.3, 0.4) is 0 Å². The van der Waals surface area contributed by atoms with Gasteiger partial charge >= 0.3 is 12.1 Å². The van der Waals surface area contributed by atoms with Crippen molar-refractivity contribution >= 4 is 51.7 Å². The number of thiophene rings is 1. The molecule has 0 aliphatic rings. The summed E-state index contributed by atoms with van der Waals surface area (Å²) in [6.07, 6.45) is 2.47. The van der Waals surface area contributed by atoms with Gasteiger partial charge in [0.05, 0.1) is 15.2 Å². The van der Waals surface area contributed by atoms with Crippen molar-refractivity contribution in [3.63, 3.8) is 0 Å². The highest BCUT2D eigenvalue weighted by atomic mass is 127. The number of amides is 1. The molecule has 1 heterocycles. The van der Waals surface area contributed by atoms with Crippen LogP contribution < -0.4 is 4.90 Å². The van der Waals surface area contributed by atoms with Crippen molar-refractivity contribution in [3.8, 4) is 0 Å². The van der Waals surface area contributed by atoms with Gasteiger partial charge in [0.2, 0.25) is 0 Å². The standard InChI is InChI=1S/C15H20INO4S/c1-5-20-12(18)7-6-9-17(11-8-10-22-13(11)16)14(19)21-15(2,3)4/h6-8,10H,5,9H2,1-4H3/b7-6+. The van der Waals surface area contributed by atoms with Crippen LogP contribution in [-0.4, -0.2) is 30.8 Å². The molecule has 0 unspecified atom stereocenters. The van der Waals surface area contributed by atoms with Crippen LogP contribution in [-0.2, 0) is 14.3 Å². The molecule has 0 N–H and O–H groups in total. The second-order valence-corrected chi connectivity index (χ2v) is 8.05. The van der Waals surface area contributed by atoms with Gasteiger partial charge in [-0.3, -0.25) is 4.90 Å². The summed E-state index contributed by atoms with van der Waals surface area (Å²) < 4.78 is 11.2. The fourth-order valence-corrected chi connectivity index (χ4v) is 3.04. The maximum atomic E-state index is 12.4. The average Bonchev–Trinajstić information content (AvgIpc) is 2.79. The minimum atomic E-state index is -0.582. The van der Waals surface area contributed by atoms with Gasteiger partial charge in [-0.1, -0.05) is 6.08 Å². The molecule has 0 radical (unpaired) electrons. The van der Waals surface area contributed by atoms with Crippen LogP contribution in [0.5, 0.6) is 0 Å². The third-order valence-electron chi connectivity index (χ3n) is 2.33. The number of hydrogen-bond acceptors (Lipinski definition) is 5. The summed E-state index contributed by atoms with van der Waals surface area (Å²) in [5.41, 5.74) is 0.190. The number of carbonyl (C=O) groups excluding carboxylic acids is 2. The normalized spacial score (nSPS) is 11.5. The maximum absolute atomic E-state index is 12.4. The average molecular weight is 437 g/mol. The largest absolute Gasteiger partial charge is 0.463 e. The zero-order valence-corrected chi connectivity index (χ0v) is 16.1. The number of esters is 1. The van der Waals surface area contributed by atoms with Crippen molar-refractivity contribution in [1.82, 2.24) is 0 Å². The Balaban J connectivity index is 2.86. The molecule has 1 aromatic rings. The van der Waals surface area contributed by atoms with Gasteiger partial charge in [-0.15, -0.1) is 11.3 Å². The first-order valence-corrected chi connectivity index (χ1v) is 8.77. The van der Waals surface area contributed by atoms with Crippen molar-refractivity contribution in [1.29, 1.82) is 0 Å². The first kappa shape index (κ1) is 19.0. The minimum absolute atomic E-state index is 0.237. The van der Waals surface area contributed by atoms with Crippen molar-refractivity contribution in [3.05, 3.63) is 26.5 Å². The summed E-state index contributed by atoms with van der Waals surface area (Å²) in [4.78, 5) is 25.2. The van der Waals surface area contributed by atoms with Crippen molar-refractivity contribution in [2.45, 2.75) is 33.3 Å². The van der Waals surface area contributed by atoms with Gasteiger partial charge in [-0.2, -0.15) is 0 Å². The van der Waals surface area contributed by atoms with E-state index in [2.05, 4.69) is 22.6 Å². The Morgan fingerprint density at radius 2 is 2.09 bits per heavy atom. The van der Waals surface area contributed by atoms with Gasteiger partial charge in [0.25, 0.3) is 0 Å². The Morgan fingerprint density at radius 1 is 1.41 bits per heavy atom. The molecule has 0 saturated carbocycles. The molecule has 0 saturated heterocycles. The minimum Gasteiger partial charge on any atom is -0.463 e. The fourth-order valence-electron chi connectivity index (χ4n) is 1.51. The van der Waals surface area contributed by atoms with Gasteiger partial charge in [-0.25, -0.2) is 9.59 Å². The molecular weight excluding hydrogens is 417 g/mol. The third kappa shape index (κ3) is 6.35. The molecular formula is C15H20INO4S. The second kappa shape index (κ2) is 8.52. The molecule has 0 aromatic carbocycles. The Morgan fingerprint density at radius 3 is 2.59 bits per heavy atom. The highest BCUT2D eigenvalue weighted by molar-refractivity contribution is 14.1. The summed E-state index contributed by atoms with van der Waals surface area (Å²) in [6, 6.07) is 1.86. The molecule has 0 fully saturated rings. The van der Waals surface area contributed by atoms with E-state index >= 15 is 0 Å². The highest BCUT2D eigenvalue weighted by Gasteiger charge is 2.24. The summed E-state index contributed by atoms with van der Waals surface area (Å²) in [5, 5.41) is 1.91. The lowest BCUT2D eigenvalue weighted by Gasteiger charge is -2.26. The second-order valence-electron chi connectivity index (χ2n) is 5.32. The summed E-state index contributed by atoms with van der Waals surface area (Å²) >= 11 is 3.71. The number of anilines is 1. The maximum Gasteiger partial charge on any atom is 0.415 e. The number of nitrogens with zero attached hydrogens (tertiary/aromatic N) is 1. The number of carbonyl (C=O) groups is 2. The van der Waals surface area contributed by atoms with Crippen LogP contribution in [0.25, 0.3) is 0 Å². The highest BCUT2D eigenvalue weighted by Crippen LogP contribution is 2.29. The van der Waals surface area contributed by atoms with Crippen LogP contribution in [0.4, 0.5) is 10.5 Å². The van der Waals surface area contributed by atoms with Crippen LogP contribution in [0.1, 0.15) is 27.7 Å². The molecule has 1 amide bonds. The van der Waals surface area contributed by atoms with E-state index in [9.17, 15) is 9.59 Å². The summed E-state index contributed by atoms with van der Waals surface area (Å²) in [5.74, 6) is -0.424. The molecule has 5 nitrogen and oxygen atoms in total. The van der Waals surface area contributed by atoms with E-state index < -0.39 is 17.7 Å². The number of rotatable bonds is 5. The Bertz CT molecular complexity index is 548. The fraction of sp³-hybridized carbons (Fsp3) is 0.467. The lowest BCUT2D eigenvalue weighted by Crippen LogP contribution is -2.37. The van der Waals surface area contributed by atoms with E-state index in [1.165, 1.54) is 22.3 Å². The van der Waals surface area contributed by atoms with Crippen LogP contribution in [0.2, 0.25) is 0 Å². The molecule has 122 valence electrons. The van der Waals surface area contributed by atoms with E-state index in [1.807, 2.05) is 32.2 Å².